The fraction of sp³-hybridized carbons (Fsp3) is 0.455. The number of alkyl halides is 3. The van der Waals surface area contributed by atoms with E-state index < -0.39 is 18.9 Å². The molecule has 18 heavy (non-hydrogen) atoms. The summed E-state index contributed by atoms with van der Waals surface area (Å²) in [6, 6.07) is 3.39. The maximum Gasteiger partial charge on any atom is 0.488 e. The van der Waals surface area contributed by atoms with Crippen LogP contribution in [0.5, 0.6) is 0 Å². The second-order valence-electron chi connectivity index (χ2n) is 4.28. The molecule has 0 radical (unpaired) electrons. The van der Waals surface area contributed by atoms with Crippen LogP contribution in [0.2, 0.25) is 0 Å². The van der Waals surface area contributed by atoms with Crippen molar-refractivity contribution in [2.24, 2.45) is 0 Å². The summed E-state index contributed by atoms with van der Waals surface area (Å²) in [6.07, 6.45) is -3.97. The third kappa shape index (κ3) is 2.68. The average Bonchev–Trinajstić information content (AvgIpc) is 2.80. The zero-order valence-electron chi connectivity index (χ0n) is 9.44. The molecule has 7 heteroatoms. The Morgan fingerprint density at radius 3 is 2.50 bits per heavy atom. The fourth-order valence-electron chi connectivity index (χ4n) is 2.12. The third-order valence-corrected chi connectivity index (χ3v) is 3.05. The first kappa shape index (κ1) is 13.4. The molecule has 98 valence electrons. The molecule has 1 saturated heterocycles. The lowest BCUT2D eigenvalue weighted by molar-refractivity contribution is -0.138. The minimum Gasteiger partial charge on any atom is -0.423 e. The van der Waals surface area contributed by atoms with Crippen LogP contribution in [0.3, 0.4) is 0 Å². The van der Waals surface area contributed by atoms with Crippen LogP contribution in [0.25, 0.3) is 0 Å². The Hall–Kier alpha value is -1.05. The molecule has 2 N–H and O–H groups in total. The predicted molar refractivity (Wildman–Crippen MR) is 59.4 cm³/mol. The largest absolute Gasteiger partial charge is 0.488 e. The topological polar surface area (TPSA) is 49.7 Å². The van der Waals surface area contributed by atoms with Gasteiger partial charge < -0.3 is 14.8 Å². The van der Waals surface area contributed by atoms with Gasteiger partial charge in [-0.3, -0.25) is 0 Å². The van der Waals surface area contributed by atoms with Gasteiger partial charge in [-0.15, -0.1) is 0 Å². The van der Waals surface area contributed by atoms with Gasteiger partial charge in [0.15, 0.2) is 0 Å². The van der Waals surface area contributed by atoms with E-state index in [1.165, 1.54) is 12.1 Å². The van der Waals surface area contributed by atoms with Crippen LogP contribution in [0, 0.1) is 0 Å². The van der Waals surface area contributed by atoms with E-state index in [-0.39, 0.29) is 23.6 Å². The van der Waals surface area contributed by atoms with E-state index in [0.29, 0.717) is 13.0 Å². The van der Waals surface area contributed by atoms with Gasteiger partial charge >= 0.3 is 13.3 Å². The fourth-order valence-corrected chi connectivity index (χ4v) is 2.12. The highest BCUT2D eigenvalue weighted by atomic mass is 19.4. The highest BCUT2D eigenvalue weighted by Crippen LogP contribution is 2.37. The van der Waals surface area contributed by atoms with Crippen molar-refractivity contribution >= 4 is 12.6 Å². The molecule has 1 aromatic carbocycles. The molecule has 0 amide bonds. The first-order valence-corrected chi connectivity index (χ1v) is 5.54. The Kier molecular flexibility index (Phi) is 3.65. The summed E-state index contributed by atoms with van der Waals surface area (Å²) in [7, 11) is -1.90. The van der Waals surface area contributed by atoms with Crippen molar-refractivity contribution in [2.45, 2.75) is 18.5 Å². The molecular weight excluding hydrogens is 248 g/mol. The van der Waals surface area contributed by atoms with Gasteiger partial charge in [0, 0.05) is 12.5 Å². The van der Waals surface area contributed by atoms with E-state index in [1.54, 1.807) is 0 Å². The summed E-state index contributed by atoms with van der Waals surface area (Å²) in [5.74, 6) is -0.286. The number of hydrogen-bond acceptors (Lipinski definition) is 3. The SMILES string of the molecule is OB(O)c1ccc(C2CCOC2)c(C(F)(F)F)c1. The van der Waals surface area contributed by atoms with Crippen molar-refractivity contribution in [1.82, 2.24) is 0 Å². The van der Waals surface area contributed by atoms with E-state index in [2.05, 4.69) is 0 Å². The Bertz CT molecular complexity index is 428. The molecule has 1 aliphatic heterocycles. The summed E-state index contributed by atoms with van der Waals surface area (Å²) in [5.41, 5.74) is -0.821. The number of ether oxygens (including phenoxy) is 1. The second kappa shape index (κ2) is 4.91. The Morgan fingerprint density at radius 2 is 2.00 bits per heavy atom. The minimum atomic E-state index is -4.51. The predicted octanol–water partition coefficient (Wildman–Crippen LogP) is 0.889. The number of rotatable bonds is 2. The van der Waals surface area contributed by atoms with Gasteiger partial charge in [0.2, 0.25) is 0 Å². The molecule has 3 nitrogen and oxygen atoms in total. The minimum absolute atomic E-state index is 0.157. The zero-order valence-corrected chi connectivity index (χ0v) is 9.44. The van der Waals surface area contributed by atoms with E-state index in [0.717, 1.165) is 6.07 Å². The standard InChI is InChI=1S/C11H12BF3O3/c13-11(14,15)10-5-8(12(16)17)1-2-9(10)7-3-4-18-6-7/h1-2,5,7,16-17H,3-4,6H2. The Morgan fingerprint density at radius 1 is 1.28 bits per heavy atom. The summed E-state index contributed by atoms with van der Waals surface area (Å²) in [6.45, 7) is 0.719. The molecule has 2 rings (SSSR count). The monoisotopic (exact) mass is 260 g/mol. The Labute approximate surface area is 102 Å². The van der Waals surface area contributed by atoms with Crippen molar-refractivity contribution in [3.05, 3.63) is 29.3 Å². The molecule has 1 unspecified atom stereocenters. The summed E-state index contributed by atoms with van der Waals surface area (Å²) < 4.78 is 43.9. The first-order chi connectivity index (χ1) is 8.39. The van der Waals surface area contributed by atoms with Gasteiger partial charge in [-0.2, -0.15) is 13.2 Å². The molecule has 1 fully saturated rings. The van der Waals surface area contributed by atoms with Crippen LogP contribution in [-0.4, -0.2) is 30.4 Å². The molecule has 0 aliphatic carbocycles. The summed E-state index contributed by atoms with van der Waals surface area (Å²) in [5, 5.41) is 17.9. The highest BCUT2D eigenvalue weighted by Gasteiger charge is 2.37. The lowest BCUT2D eigenvalue weighted by Crippen LogP contribution is -2.31. The lowest BCUT2D eigenvalue weighted by atomic mass is 9.77. The van der Waals surface area contributed by atoms with Crippen molar-refractivity contribution in [1.29, 1.82) is 0 Å². The molecule has 0 bridgehead atoms. The van der Waals surface area contributed by atoms with Gasteiger partial charge in [-0.1, -0.05) is 12.1 Å². The molecule has 0 saturated carbocycles. The van der Waals surface area contributed by atoms with Gasteiger partial charge in [0.25, 0.3) is 0 Å². The molecule has 1 atom stereocenters. The molecule has 1 aliphatic rings. The number of hydrogen-bond donors (Lipinski definition) is 2. The van der Waals surface area contributed by atoms with Crippen LogP contribution in [0.4, 0.5) is 13.2 Å². The van der Waals surface area contributed by atoms with Gasteiger partial charge in [-0.25, -0.2) is 0 Å². The zero-order chi connectivity index (χ0) is 13.3. The van der Waals surface area contributed by atoms with Crippen LogP contribution < -0.4 is 5.46 Å². The van der Waals surface area contributed by atoms with Crippen LogP contribution in [0.1, 0.15) is 23.5 Å². The maximum atomic E-state index is 12.9. The van der Waals surface area contributed by atoms with E-state index in [4.69, 9.17) is 14.8 Å². The molecule has 1 aromatic rings. The molecule has 0 aromatic heterocycles. The lowest BCUT2D eigenvalue weighted by Gasteiger charge is -2.18. The van der Waals surface area contributed by atoms with Crippen molar-refractivity contribution in [2.75, 3.05) is 13.2 Å². The summed E-state index contributed by atoms with van der Waals surface area (Å²) in [4.78, 5) is 0. The smallest absolute Gasteiger partial charge is 0.423 e. The van der Waals surface area contributed by atoms with Crippen molar-refractivity contribution < 1.29 is 28.0 Å². The van der Waals surface area contributed by atoms with Gasteiger partial charge in [0.05, 0.1) is 12.2 Å². The van der Waals surface area contributed by atoms with Crippen molar-refractivity contribution in [3.63, 3.8) is 0 Å². The number of benzene rings is 1. The highest BCUT2D eigenvalue weighted by molar-refractivity contribution is 6.58. The molecular formula is C11H12BF3O3. The number of halogens is 3. The quantitative estimate of drug-likeness (QED) is 0.776. The van der Waals surface area contributed by atoms with Crippen molar-refractivity contribution in [3.8, 4) is 0 Å². The van der Waals surface area contributed by atoms with Gasteiger partial charge in [-0.05, 0) is 23.5 Å². The van der Waals surface area contributed by atoms with E-state index in [9.17, 15) is 13.2 Å². The molecule has 1 heterocycles. The third-order valence-electron chi connectivity index (χ3n) is 3.05. The van der Waals surface area contributed by atoms with Crippen LogP contribution in [0.15, 0.2) is 18.2 Å². The van der Waals surface area contributed by atoms with E-state index >= 15 is 0 Å². The first-order valence-electron chi connectivity index (χ1n) is 5.54. The molecule has 0 spiro atoms. The average molecular weight is 260 g/mol. The van der Waals surface area contributed by atoms with Gasteiger partial charge in [0.1, 0.15) is 0 Å². The van der Waals surface area contributed by atoms with E-state index in [1.807, 2.05) is 0 Å². The summed E-state index contributed by atoms with van der Waals surface area (Å²) >= 11 is 0. The second-order valence-corrected chi connectivity index (χ2v) is 4.28. The van der Waals surface area contributed by atoms with Crippen LogP contribution >= 0.6 is 0 Å². The maximum absolute atomic E-state index is 12.9. The Balaban J connectivity index is 2.45. The normalized spacial score (nSPS) is 20.2. The van der Waals surface area contributed by atoms with Crippen LogP contribution in [-0.2, 0) is 10.9 Å².